The van der Waals surface area contributed by atoms with Crippen LogP contribution in [-0.2, 0) is 0 Å². The van der Waals surface area contributed by atoms with Crippen molar-refractivity contribution in [1.82, 2.24) is 5.32 Å². The number of benzene rings is 3. The normalized spacial score (nSPS) is 10.6. The van der Waals surface area contributed by atoms with Crippen LogP contribution in [0.15, 0.2) is 63.8 Å². The van der Waals surface area contributed by atoms with Crippen molar-refractivity contribution in [2.45, 2.75) is 20.8 Å². The van der Waals surface area contributed by atoms with Gasteiger partial charge in [0.15, 0.2) is 5.43 Å². The van der Waals surface area contributed by atoms with Gasteiger partial charge in [-0.3, -0.25) is 9.59 Å². The Labute approximate surface area is 186 Å². The van der Waals surface area contributed by atoms with Gasteiger partial charge in [-0.25, -0.2) is 0 Å². The van der Waals surface area contributed by atoms with Gasteiger partial charge in [0.05, 0.1) is 0 Å². The van der Waals surface area contributed by atoms with Crippen molar-refractivity contribution in [3.63, 3.8) is 0 Å². The molecule has 0 spiro atoms. The minimum absolute atomic E-state index is 0.0813. The average molecular weight is 436 g/mol. The number of carbonyl (C=O) groups is 1. The largest absolute Gasteiger partial charge is 0.508 e. The molecular weight excluding hydrogens is 410 g/mol. The van der Waals surface area contributed by atoms with E-state index in [1.165, 1.54) is 18.2 Å². The fraction of sp³-hybridized carbons (Fsp3) is 0.200. The first-order valence-electron chi connectivity index (χ1n) is 10.2. The van der Waals surface area contributed by atoms with Crippen LogP contribution in [0.2, 0.25) is 0 Å². The number of rotatable bonds is 4. The van der Waals surface area contributed by atoms with E-state index in [-0.39, 0.29) is 17.1 Å². The van der Waals surface area contributed by atoms with Crippen LogP contribution in [0.1, 0.15) is 29.8 Å². The number of hydrogen-bond donors (Lipinski definition) is 3. The third kappa shape index (κ3) is 4.59. The molecule has 1 aliphatic heterocycles. The van der Waals surface area contributed by atoms with Gasteiger partial charge in [0, 0.05) is 46.5 Å². The van der Waals surface area contributed by atoms with E-state index in [9.17, 15) is 14.7 Å². The van der Waals surface area contributed by atoms with Crippen molar-refractivity contribution in [1.29, 1.82) is 0 Å². The molecule has 160 valence electrons. The molecule has 2 aromatic carbocycles. The Morgan fingerprint density at radius 2 is 1.77 bits per heavy atom. The van der Waals surface area contributed by atoms with E-state index in [0.29, 0.717) is 29.2 Å². The molecule has 0 aromatic heterocycles. The van der Waals surface area contributed by atoms with Gasteiger partial charge in [-0.05, 0) is 54.4 Å². The van der Waals surface area contributed by atoms with Gasteiger partial charge in [-0.1, -0.05) is 19.9 Å². The number of phenolic OH excluding ortho intramolecular Hbond substituents is 1. The van der Waals surface area contributed by atoms with Crippen LogP contribution in [0.4, 0.5) is 0 Å². The van der Waals surface area contributed by atoms with Crippen molar-refractivity contribution >= 4 is 29.5 Å². The van der Waals surface area contributed by atoms with Crippen molar-refractivity contribution < 1.29 is 14.3 Å². The lowest BCUT2D eigenvalue weighted by Crippen LogP contribution is -2.25. The monoisotopic (exact) mass is 435 g/mol. The summed E-state index contributed by atoms with van der Waals surface area (Å²) in [6, 6.07) is 15.1. The van der Waals surface area contributed by atoms with Gasteiger partial charge in [0.2, 0.25) is 0 Å². The molecule has 31 heavy (non-hydrogen) atoms. The van der Waals surface area contributed by atoms with Gasteiger partial charge in [0.25, 0.3) is 5.91 Å². The first-order chi connectivity index (χ1) is 15.0. The van der Waals surface area contributed by atoms with Crippen LogP contribution < -0.4 is 10.7 Å². The predicted octanol–water partition coefficient (Wildman–Crippen LogP) is 5.26. The van der Waals surface area contributed by atoms with Gasteiger partial charge in [0.1, 0.15) is 17.1 Å². The summed E-state index contributed by atoms with van der Waals surface area (Å²) in [6.45, 7) is 6.44. The lowest BCUT2D eigenvalue weighted by atomic mass is 9.90. The van der Waals surface area contributed by atoms with Crippen molar-refractivity contribution in [2.75, 3.05) is 12.3 Å². The molecule has 1 heterocycles. The summed E-state index contributed by atoms with van der Waals surface area (Å²) in [6.07, 6.45) is 0. The molecule has 0 saturated heterocycles. The van der Waals surface area contributed by atoms with E-state index in [4.69, 9.17) is 4.42 Å². The quantitative estimate of drug-likeness (QED) is 0.302. The number of hydrogen-bond acceptors (Lipinski definition) is 5. The number of phenols is 1. The zero-order chi connectivity index (χ0) is 22.5. The fourth-order valence-electron chi connectivity index (χ4n) is 3.51. The standard InChI is InChI=1S/C23H19NO4S.C2H6/c1-13-10-14(23(27)24-8-9-29)2-5-17(13)22-18-6-3-15(25)11-20(18)28-21-12-16(26)4-7-19(21)22;1-2/h2-7,10-12,25,29H,8-9H2,1H3,(H,24,27);1-2H3. The zero-order valence-electron chi connectivity index (χ0n) is 17.7. The maximum atomic E-state index is 12.3. The first-order valence-corrected chi connectivity index (χ1v) is 10.8. The Morgan fingerprint density at radius 1 is 1.03 bits per heavy atom. The highest BCUT2D eigenvalue weighted by molar-refractivity contribution is 7.80. The lowest BCUT2D eigenvalue weighted by Gasteiger charge is -2.17. The molecule has 1 aliphatic carbocycles. The second-order valence-corrected chi connectivity index (χ2v) is 7.27. The predicted molar refractivity (Wildman–Crippen MR) is 128 cm³/mol. The first kappa shape index (κ1) is 22.4. The van der Waals surface area contributed by atoms with Gasteiger partial charge < -0.3 is 14.8 Å². The maximum Gasteiger partial charge on any atom is 0.251 e. The van der Waals surface area contributed by atoms with Crippen LogP contribution in [0.5, 0.6) is 5.75 Å². The topological polar surface area (TPSA) is 79.5 Å². The molecule has 2 aromatic rings. The van der Waals surface area contributed by atoms with E-state index in [1.807, 2.05) is 32.9 Å². The molecule has 0 bridgehead atoms. The third-order valence-electron chi connectivity index (χ3n) is 4.83. The summed E-state index contributed by atoms with van der Waals surface area (Å²) in [5.74, 6) is 0.953. The lowest BCUT2D eigenvalue weighted by molar-refractivity contribution is 0.0956. The Bertz CT molecular complexity index is 1260. The number of amides is 1. The highest BCUT2D eigenvalue weighted by Crippen LogP contribution is 2.41. The van der Waals surface area contributed by atoms with Crippen molar-refractivity contribution in [2.24, 2.45) is 0 Å². The molecule has 2 aliphatic rings. The molecule has 4 rings (SSSR count). The number of carbonyl (C=O) groups excluding carboxylic acids is 1. The van der Waals surface area contributed by atoms with Crippen LogP contribution in [0.25, 0.3) is 33.4 Å². The number of aromatic hydroxyl groups is 1. The van der Waals surface area contributed by atoms with E-state index in [0.717, 1.165) is 27.6 Å². The summed E-state index contributed by atoms with van der Waals surface area (Å²) in [7, 11) is 0. The molecule has 6 heteroatoms. The summed E-state index contributed by atoms with van der Waals surface area (Å²) in [5, 5.41) is 13.5. The van der Waals surface area contributed by atoms with Gasteiger partial charge in [-0.2, -0.15) is 12.6 Å². The van der Waals surface area contributed by atoms with Crippen LogP contribution in [0.3, 0.4) is 0 Å². The van der Waals surface area contributed by atoms with E-state index < -0.39 is 0 Å². The number of nitrogens with one attached hydrogen (secondary N) is 1. The van der Waals surface area contributed by atoms with Crippen LogP contribution >= 0.6 is 12.6 Å². The molecule has 0 saturated carbocycles. The zero-order valence-corrected chi connectivity index (χ0v) is 18.6. The summed E-state index contributed by atoms with van der Waals surface area (Å²) >= 11 is 4.11. The summed E-state index contributed by atoms with van der Waals surface area (Å²) < 4.78 is 5.88. The second-order valence-electron chi connectivity index (χ2n) is 6.82. The minimum Gasteiger partial charge on any atom is -0.508 e. The summed E-state index contributed by atoms with van der Waals surface area (Å²) in [5.41, 5.74) is 4.41. The van der Waals surface area contributed by atoms with Crippen molar-refractivity contribution in [3.05, 3.63) is 75.9 Å². The highest BCUT2D eigenvalue weighted by Gasteiger charge is 2.19. The Kier molecular flexibility index (Phi) is 7.02. The smallest absolute Gasteiger partial charge is 0.251 e. The molecule has 5 nitrogen and oxygen atoms in total. The Balaban J connectivity index is 0.00000132. The van der Waals surface area contributed by atoms with E-state index >= 15 is 0 Å². The van der Waals surface area contributed by atoms with E-state index in [1.54, 1.807) is 24.3 Å². The number of aryl methyl sites for hydroxylation is 1. The van der Waals surface area contributed by atoms with Gasteiger partial charge >= 0.3 is 0 Å². The molecule has 0 fully saturated rings. The minimum atomic E-state index is -0.153. The van der Waals surface area contributed by atoms with Crippen LogP contribution in [-0.4, -0.2) is 23.3 Å². The Hall–Kier alpha value is -3.25. The van der Waals surface area contributed by atoms with E-state index in [2.05, 4.69) is 17.9 Å². The molecule has 0 unspecified atom stereocenters. The molecule has 0 atom stereocenters. The third-order valence-corrected chi connectivity index (χ3v) is 5.06. The average Bonchev–Trinajstić information content (AvgIpc) is 2.77. The van der Waals surface area contributed by atoms with Gasteiger partial charge in [-0.15, -0.1) is 0 Å². The highest BCUT2D eigenvalue weighted by atomic mass is 32.1. The molecular formula is C25H25NO4S. The molecule has 0 radical (unpaired) electrons. The maximum absolute atomic E-state index is 12.3. The fourth-order valence-corrected chi connectivity index (χ4v) is 3.62. The number of fused-ring (bicyclic) bond motifs is 2. The molecule has 2 N–H and O–H groups in total. The molecule has 1 amide bonds. The Morgan fingerprint density at radius 3 is 2.48 bits per heavy atom. The van der Waals surface area contributed by atoms with Crippen molar-refractivity contribution in [3.8, 4) is 28.2 Å². The number of thiol groups is 1. The summed E-state index contributed by atoms with van der Waals surface area (Å²) in [4.78, 5) is 24.1. The SMILES string of the molecule is CC.Cc1cc(C(=O)NCCS)ccc1-c1c2ccc(=O)cc-2oc2cc(O)ccc12. The van der Waals surface area contributed by atoms with Crippen LogP contribution in [0, 0.1) is 6.92 Å². The second kappa shape index (κ2) is 9.71.